The van der Waals surface area contributed by atoms with Crippen LogP contribution in [0.25, 0.3) is 0 Å². The molecule has 0 atom stereocenters. The number of benzene rings is 2. The Morgan fingerprint density at radius 1 is 1.04 bits per heavy atom. The molecule has 0 fully saturated rings. The van der Waals surface area contributed by atoms with Gasteiger partial charge in [0.05, 0.1) is 0 Å². The Bertz CT molecular complexity index is 773. The Hall–Kier alpha value is -2.47. The van der Waals surface area contributed by atoms with Gasteiger partial charge in [-0.1, -0.05) is 18.2 Å². The van der Waals surface area contributed by atoms with Gasteiger partial charge in [0.25, 0.3) is 0 Å². The van der Waals surface area contributed by atoms with Crippen molar-refractivity contribution in [3.05, 3.63) is 53.6 Å². The first-order valence-electron chi connectivity index (χ1n) is 7.98. The molecule has 0 aliphatic carbocycles. The number of hydrogen-bond donors (Lipinski definition) is 1. The molecule has 0 aromatic heterocycles. The van der Waals surface area contributed by atoms with Crippen LogP contribution < -0.4 is 14.8 Å². The molecule has 0 unspecified atom stereocenters. The Labute approximate surface area is 150 Å². The van der Waals surface area contributed by atoms with Crippen LogP contribution in [0.2, 0.25) is 0 Å². The van der Waals surface area contributed by atoms with Crippen LogP contribution >= 0.6 is 11.8 Å². The molecule has 3 rings (SSSR count). The second-order valence-electron chi connectivity index (χ2n) is 5.62. The zero-order valence-corrected chi connectivity index (χ0v) is 14.7. The number of carbonyl (C=O) groups excluding carboxylic acids is 2. The van der Waals surface area contributed by atoms with Gasteiger partial charge in [-0.2, -0.15) is 0 Å². The van der Waals surface area contributed by atoms with E-state index in [4.69, 9.17) is 9.47 Å². The lowest BCUT2D eigenvalue weighted by atomic mass is 10.1. The number of thioether (sulfide) groups is 1. The largest absolute Gasteiger partial charge is 0.454 e. The molecular formula is C19H19NO4S. The summed E-state index contributed by atoms with van der Waals surface area (Å²) < 4.78 is 10.6. The fourth-order valence-corrected chi connectivity index (χ4v) is 2.90. The van der Waals surface area contributed by atoms with Crippen molar-refractivity contribution in [2.75, 3.05) is 13.0 Å². The zero-order valence-electron chi connectivity index (χ0n) is 13.9. The highest BCUT2D eigenvalue weighted by Crippen LogP contribution is 2.32. The van der Waals surface area contributed by atoms with Crippen LogP contribution in [0.1, 0.15) is 28.8 Å². The molecule has 1 N–H and O–H groups in total. The Kier molecular flexibility index (Phi) is 5.60. The molecule has 0 saturated carbocycles. The summed E-state index contributed by atoms with van der Waals surface area (Å²) >= 11 is 1.63. The highest BCUT2D eigenvalue weighted by Gasteiger charge is 2.14. The van der Waals surface area contributed by atoms with Crippen molar-refractivity contribution >= 4 is 23.5 Å². The molecule has 1 heterocycles. The van der Waals surface area contributed by atoms with Crippen LogP contribution in [0.15, 0.2) is 47.4 Å². The van der Waals surface area contributed by atoms with Crippen molar-refractivity contribution in [1.82, 2.24) is 5.32 Å². The van der Waals surface area contributed by atoms with Crippen LogP contribution in [-0.4, -0.2) is 24.7 Å². The monoisotopic (exact) mass is 357 g/mol. The van der Waals surface area contributed by atoms with Crippen LogP contribution in [0.3, 0.4) is 0 Å². The van der Waals surface area contributed by atoms with Crippen LogP contribution in [-0.2, 0) is 11.3 Å². The topological polar surface area (TPSA) is 64.6 Å². The van der Waals surface area contributed by atoms with Crippen molar-refractivity contribution in [3.63, 3.8) is 0 Å². The van der Waals surface area contributed by atoms with E-state index in [1.54, 1.807) is 23.9 Å². The first-order valence-corrected chi connectivity index (χ1v) is 9.20. The minimum Gasteiger partial charge on any atom is -0.454 e. The van der Waals surface area contributed by atoms with Crippen LogP contribution in [0.5, 0.6) is 11.5 Å². The van der Waals surface area contributed by atoms with E-state index in [1.807, 2.05) is 36.6 Å². The van der Waals surface area contributed by atoms with Crippen LogP contribution in [0.4, 0.5) is 0 Å². The molecule has 1 aliphatic rings. The third-order valence-corrected chi connectivity index (χ3v) is 4.66. The molecule has 5 nitrogen and oxygen atoms in total. The van der Waals surface area contributed by atoms with Crippen molar-refractivity contribution in [1.29, 1.82) is 0 Å². The van der Waals surface area contributed by atoms with E-state index in [2.05, 4.69) is 5.32 Å². The maximum Gasteiger partial charge on any atom is 0.231 e. The number of fused-ring (bicyclic) bond motifs is 1. The summed E-state index contributed by atoms with van der Waals surface area (Å²) in [6, 6.07) is 13.0. The molecule has 6 heteroatoms. The second-order valence-corrected chi connectivity index (χ2v) is 6.50. The molecule has 0 bridgehead atoms. The summed E-state index contributed by atoms with van der Waals surface area (Å²) in [5, 5.41) is 2.82. The number of ketones is 1. The SMILES string of the molecule is CSc1ccc(C(=O)CCC(=O)NCc2ccc3c(c2)OCO3)cc1. The van der Waals surface area contributed by atoms with Gasteiger partial charge in [-0.15, -0.1) is 11.8 Å². The Morgan fingerprint density at radius 2 is 1.80 bits per heavy atom. The molecule has 2 aromatic rings. The third kappa shape index (κ3) is 4.54. The molecule has 0 spiro atoms. The summed E-state index contributed by atoms with van der Waals surface area (Å²) in [5.74, 6) is 1.24. The predicted octanol–water partition coefficient (Wildman–Crippen LogP) is 3.42. The number of ether oxygens (including phenoxy) is 2. The number of hydrogen-bond acceptors (Lipinski definition) is 5. The van der Waals surface area contributed by atoms with Gasteiger partial charge in [-0.25, -0.2) is 0 Å². The lowest BCUT2D eigenvalue weighted by molar-refractivity contribution is -0.121. The van der Waals surface area contributed by atoms with Crippen molar-refractivity contribution in [2.24, 2.45) is 0 Å². The van der Waals surface area contributed by atoms with Gasteiger partial charge in [-0.3, -0.25) is 9.59 Å². The highest BCUT2D eigenvalue weighted by atomic mass is 32.2. The second kappa shape index (κ2) is 8.07. The van der Waals surface area contributed by atoms with Crippen molar-refractivity contribution < 1.29 is 19.1 Å². The quantitative estimate of drug-likeness (QED) is 0.608. The van der Waals surface area contributed by atoms with Gasteiger partial charge in [0.15, 0.2) is 17.3 Å². The number of Topliss-reactive ketones (excluding diaryl/α,β-unsaturated/α-hetero) is 1. The third-order valence-electron chi connectivity index (χ3n) is 3.92. The van der Waals surface area contributed by atoms with Gasteiger partial charge in [-0.05, 0) is 36.1 Å². The Morgan fingerprint density at radius 3 is 2.56 bits per heavy atom. The van der Waals surface area contributed by atoms with Gasteiger partial charge in [0.1, 0.15) is 0 Å². The van der Waals surface area contributed by atoms with Gasteiger partial charge in [0.2, 0.25) is 12.7 Å². The number of rotatable bonds is 7. The first-order chi connectivity index (χ1) is 12.2. The van der Waals surface area contributed by atoms with Crippen molar-refractivity contribution in [3.8, 4) is 11.5 Å². The fourth-order valence-electron chi connectivity index (χ4n) is 2.49. The summed E-state index contributed by atoms with van der Waals surface area (Å²) in [6.07, 6.45) is 2.36. The molecule has 1 aliphatic heterocycles. The molecule has 0 radical (unpaired) electrons. The molecule has 130 valence electrons. The first kappa shape index (κ1) is 17.4. The molecular weight excluding hydrogens is 338 g/mol. The van der Waals surface area contributed by atoms with Gasteiger partial charge in [0, 0.05) is 29.8 Å². The number of nitrogens with one attached hydrogen (secondary N) is 1. The van der Waals surface area contributed by atoms with Gasteiger partial charge >= 0.3 is 0 Å². The summed E-state index contributed by atoms with van der Waals surface area (Å²) in [7, 11) is 0. The molecule has 25 heavy (non-hydrogen) atoms. The average Bonchev–Trinajstić information content (AvgIpc) is 3.12. The van der Waals surface area contributed by atoms with E-state index in [9.17, 15) is 9.59 Å². The number of carbonyl (C=O) groups is 2. The minimum atomic E-state index is -0.147. The minimum absolute atomic E-state index is 0.0223. The molecule has 1 amide bonds. The average molecular weight is 357 g/mol. The van der Waals surface area contributed by atoms with E-state index in [0.29, 0.717) is 23.6 Å². The molecule has 2 aromatic carbocycles. The summed E-state index contributed by atoms with van der Waals surface area (Å²) in [4.78, 5) is 25.2. The van der Waals surface area contributed by atoms with E-state index >= 15 is 0 Å². The van der Waals surface area contributed by atoms with E-state index in [-0.39, 0.29) is 31.3 Å². The standard InChI is InChI=1S/C19H19NO4S/c1-25-15-5-3-14(4-6-15)16(21)7-9-19(22)20-11-13-2-8-17-18(10-13)24-12-23-17/h2-6,8,10H,7,9,11-12H2,1H3,(H,20,22). The van der Waals surface area contributed by atoms with E-state index < -0.39 is 0 Å². The zero-order chi connectivity index (χ0) is 17.6. The predicted molar refractivity (Wildman–Crippen MR) is 96.2 cm³/mol. The van der Waals surface area contributed by atoms with Crippen molar-refractivity contribution in [2.45, 2.75) is 24.3 Å². The maximum atomic E-state index is 12.1. The Balaban J connectivity index is 1.45. The van der Waals surface area contributed by atoms with E-state index in [0.717, 1.165) is 10.5 Å². The highest BCUT2D eigenvalue weighted by molar-refractivity contribution is 7.98. The smallest absolute Gasteiger partial charge is 0.231 e. The van der Waals surface area contributed by atoms with E-state index in [1.165, 1.54) is 0 Å². The lowest BCUT2D eigenvalue weighted by Gasteiger charge is -2.06. The van der Waals surface area contributed by atoms with Gasteiger partial charge < -0.3 is 14.8 Å². The maximum absolute atomic E-state index is 12.1. The molecule has 0 saturated heterocycles. The summed E-state index contributed by atoms with van der Waals surface area (Å²) in [5.41, 5.74) is 1.57. The fraction of sp³-hybridized carbons (Fsp3) is 0.263. The summed E-state index contributed by atoms with van der Waals surface area (Å²) in [6.45, 7) is 0.622. The normalized spacial score (nSPS) is 12.0. The van der Waals surface area contributed by atoms with Crippen LogP contribution in [0, 0.1) is 0 Å². The lowest BCUT2D eigenvalue weighted by Crippen LogP contribution is -2.23. The number of amides is 1.